The van der Waals surface area contributed by atoms with E-state index in [4.69, 9.17) is 1.41 Å². The van der Waals surface area contributed by atoms with Crippen LogP contribution in [0.3, 0.4) is 0 Å². The summed E-state index contributed by atoms with van der Waals surface area (Å²) < 4.78 is 7.09. The highest BCUT2D eigenvalue weighted by Gasteiger charge is 2.15. The Balaban J connectivity index is 2.52. The Morgan fingerprint density at radius 2 is 2.75 bits per heavy atom. The minimum atomic E-state index is -0.0266. The van der Waals surface area contributed by atoms with E-state index in [1.165, 1.54) is 0 Å². The van der Waals surface area contributed by atoms with Gasteiger partial charge in [-0.3, -0.25) is 4.79 Å². The van der Waals surface area contributed by atoms with E-state index in [0.29, 0.717) is 6.54 Å². The average molecular weight is 114 g/mol. The average Bonchev–Trinajstić information content (AvgIpc) is 1.83. The molecule has 1 atom stereocenters. The Labute approximate surface area is 50.7 Å². The van der Waals surface area contributed by atoms with Crippen LogP contribution in [-0.4, -0.2) is 12.5 Å². The van der Waals surface area contributed by atoms with Crippen LogP contribution in [0.4, 0.5) is 0 Å². The molecule has 1 aliphatic heterocycles. The molecule has 2 nitrogen and oxygen atoms in total. The standard InChI is InChI=1S/C6H11NO/c1-5-3-2-4-7-6(5)8/h5H,2-4H2,1H3,(H,7,8)/i/hD. The minimum absolute atomic E-state index is 0.0266. The van der Waals surface area contributed by atoms with Crippen LogP contribution < -0.4 is 5.31 Å². The molecule has 1 heterocycles. The SMILES string of the molecule is [2H]N1CCCC(C)C1=O. The third-order valence-corrected chi connectivity index (χ3v) is 1.48. The third-order valence-electron chi connectivity index (χ3n) is 1.48. The maximum Gasteiger partial charge on any atom is 0.222 e. The molecule has 1 saturated heterocycles. The normalized spacial score (nSPS) is 32.6. The van der Waals surface area contributed by atoms with Gasteiger partial charge in [0.2, 0.25) is 5.91 Å². The van der Waals surface area contributed by atoms with Crippen LogP contribution in [0.5, 0.6) is 0 Å². The lowest BCUT2D eigenvalue weighted by molar-refractivity contribution is -0.125. The van der Waals surface area contributed by atoms with Gasteiger partial charge in [0.1, 0.15) is 0 Å². The van der Waals surface area contributed by atoms with Crippen molar-refractivity contribution in [2.24, 2.45) is 5.92 Å². The Morgan fingerprint density at radius 1 is 2.00 bits per heavy atom. The molecule has 0 aromatic carbocycles. The van der Waals surface area contributed by atoms with E-state index in [9.17, 15) is 4.79 Å². The van der Waals surface area contributed by atoms with Gasteiger partial charge in [0, 0.05) is 12.5 Å². The Hall–Kier alpha value is -0.530. The van der Waals surface area contributed by atoms with E-state index in [0.717, 1.165) is 18.2 Å². The number of carbonyl (C=O) groups excluding carboxylic acids is 1. The topological polar surface area (TPSA) is 29.1 Å². The number of piperidine rings is 1. The first-order chi connectivity index (χ1) is 4.22. The zero-order valence-corrected chi connectivity index (χ0v) is 5.05. The van der Waals surface area contributed by atoms with Gasteiger partial charge in [-0.25, -0.2) is 0 Å². The highest BCUT2D eigenvalue weighted by Crippen LogP contribution is 2.08. The predicted octanol–water partition coefficient (Wildman–Crippen LogP) is 0.532. The summed E-state index contributed by atoms with van der Waals surface area (Å²) in [5.41, 5.74) is 0. The van der Waals surface area contributed by atoms with Crippen molar-refractivity contribution in [2.45, 2.75) is 19.8 Å². The fourth-order valence-electron chi connectivity index (χ4n) is 0.866. The van der Waals surface area contributed by atoms with Crippen LogP contribution in [0, 0.1) is 5.92 Å². The zero-order valence-electron chi connectivity index (χ0n) is 6.05. The first-order valence-electron chi connectivity index (χ1n) is 3.47. The van der Waals surface area contributed by atoms with E-state index in [2.05, 4.69) is 0 Å². The molecule has 46 valence electrons. The van der Waals surface area contributed by atoms with Gasteiger partial charge in [-0.05, 0) is 12.8 Å². The lowest BCUT2D eigenvalue weighted by atomic mass is 10.0. The molecule has 1 N–H and O–H groups in total. The highest BCUT2D eigenvalue weighted by atomic mass is 16.1. The lowest BCUT2D eigenvalue weighted by Crippen LogP contribution is -2.34. The molecule has 0 aromatic heterocycles. The summed E-state index contributed by atoms with van der Waals surface area (Å²) in [6.07, 6.45) is 1.94. The van der Waals surface area contributed by atoms with Crippen molar-refractivity contribution in [3.63, 3.8) is 0 Å². The summed E-state index contributed by atoms with van der Waals surface area (Å²) in [5, 5.41) is 1.06. The maximum absolute atomic E-state index is 10.9. The van der Waals surface area contributed by atoms with Crippen LogP contribution in [0.15, 0.2) is 0 Å². The molecule has 2 heteroatoms. The number of hydrogen-bond acceptors (Lipinski definition) is 1. The van der Waals surface area contributed by atoms with Crippen LogP contribution in [0.25, 0.3) is 0 Å². The van der Waals surface area contributed by atoms with Crippen molar-refractivity contribution in [1.82, 2.24) is 5.31 Å². The molecule has 1 rings (SSSR count). The second-order valence-electron chi connectivity index (χ2n) is 2.26. The minimum Gasteiger partial charge on any atom is -0.356 e. The Kier molecular flexibility index (Phi) is 1.18. The summed E-state index contributed by atoms with van der Waals surface area (Å²) in [4.78, 5) is 10.9. The van der Waals surface area contributed by atoms with Gasteiger partial charge in [0.25, 0.3) is 0 Å². The monoisotopic (exact) mass is 114 g/mol. The summed E-state index contributed by atoms with van der Waals surface area (Å²) in [7, 11) is 0. The molecule has 0 radical (unpaired) electrons. The number of hydrogen-bond donors (Lipinski definition) is 1. The third kappa shape index (κ3) is 0.997. The molecular formula is C6H11NO. The van der Waals surface area contributed by atoms with Gasteiger partial charge in [-0.15, -0.1) is 0 Å². The highest BCUT2D eigenvalue weighted by molar-refractivity contribution is 5.78. The summed E-state index contributed by atoms with van der Waals surface area (Å²) in [6, 6.07) is 0. The van der Waals surface area contributed by atoms with Gasteiger partial charge in [-0.1, -0.05) is 6.92 Å². The molecule has 1 unspecified atom stereocenters. The van der Waals surface area contributed by atoms with E-state index in [1.54, 1.807) is 0 Å². The van der Waals surface area contributed by atoms with Crippen molar-refractivity contribution in [3.05, 3.63) is 0 Å². The second kappa shape index (κ2) is 2.16. The van der Waals surface area contributed by atoms with E-state index in [-0.39, 0.29) is 11.8 Å². The molecule has 0 spiro atoms. The molecule has 8 heavy (non-hydrogen) atoms. The maximum atomic E-state index is 10.9. The molecule has 0 aromatic rings. The predicted molar refractivity (Wildman–Crippen MR) is 31.4 cm³/mol. The number of amides is 1. The molecule has 1 aliphatic rings. The van der Waals surface area contributed by atoms with E-state index >= 15 is 0 Å². The number of carbonyl (C=O) groups is 1. The van der Waals surface area contributed by atoms with Crippen molar-refractivity contribution in [1.29, 1.82) is 0 Å². The fourth-order valence-corrected chi connectivity index (χ4v) is 0.866. The zero-order chi connectivity index (χ0) is 6.85. The van der Waals surface area contributed by atoms with Crippen molar-refractivity contribution >= 4 is 5.91 Å². The van der Waals surface area contributed by atoms with Gasteiger partial charge < -0.3 is 5.31 Å². The lowest BCUT2D eigenvalue weighted by Gasteiger charge is -2.16. The molecule has 0 aliphatic carbocycles. The second-order valence-corrected chi connectivity index (χ2v) is 2.26. The first-order valence-corrected chi connectivity index (χ1v) is 3.02. The fraction of sp³-hybridized carbons (Fsp3) is 0.833. The van der Waals surface area contributed by atoms with E-state index in [1.807, 2.05) is 6.92 Å². The van der Waals surface area contributed by atoms with Gasteiger partial charge >= 0.3 is 0 Å². The van der Waals surface area contributed by atoms with Crippen molar-refractivity contribution in [2.75, 3.05) is 6.54 Å². The van der Waals surface area contributed by atoms with Crippen LogP contribution in [0.1, 0.15) is 19.8 Å². The van der Waals surface area contributed by atoms with Gasteiger partial charge in [0.05, 0.1) is 0 Å². The van der Waals surface area contributed by atoms with Crippen molar-refractivity contribution < 1.29 is 6.21 Å². The van der Waals surface area contributed by atoms with Gasteiger partial charge in [-0.2, -0.15) is 0 Å². The summed E-state index contributed by atoms with van der Waals surface area (Å²) in [5.74, 6) is 0.0532. The van der Waals surface area contributed by atoms with E-state index < -0.39 is 0 Å². The molecule has 0 saturated carbocycles. The molecular weight excluding hydrogens is 102 g/mol. The van der Waals surface area contributed by atoms with Gasteiger partial charge in [0.15, 0.2) is 1.41 Å². The Bertz CT molecular complexity index is 114. The summed E-state index contributed by atoms with van der Waals surface area (Å²) in [6.45, 7) is 2.49. The molecule has 0 bridgehead atoms. The quantitative estimate of drug-likeness (QED) is 0.489. The molecule has 1 amide bonds. The largest absolute Gasteiger partial charge is 0.356 e. The first kappa shape index (κ1) is 4.36. The van der Waals surface area contributed by atoms with Crippen LogP contribution in [0.2, 0.25) is 1.41 Å². The Morgan fingerprint density at radius 3 is 3.25 bits per heavy atom. The van der Waals surface area contributed by atoms with Crippen LogP contribution >= 0.6 is 0 Å². The molecule has 1 fully saturated rings. The number of rotatable bonds is 0. The summed E-state index contributed by atoms with van der Waals surface area (Å²) >= 11 is 0. The number of nitrogens with one attached hydrogen (secondary N) is 1. The smallest absolute Gasteiger partial charge is 0.222 e. The van der Waals surface area contributed by atoms with Crippen LogP contribution in [-0.2, 0) is 4.79 Å². The van der Waals surface area contributed by atoms with Crippen molar-refractivity contribution in [3.8, 4) is 0 Å².